The molecule has 0 radical (unpaired) electrons. The Hall–Kier alpha value is -7.20. The highest BCUT2D eigenvalue weighted by atomic mass is 32.1. The standard InChI is InChI=1S/C58H37NOS/c1-57(2)45-19-8-3-14-36(45)38-28-26-35(31-49(38)57)59(34-27-29-53-43(30-34)39-16-6-11-24-52(39)60-53)51-23-13-22-48-56(51)41-18-5-10-21-47(41)58(48)46-20-9-4-15-37(46)42-32-44-40-17-7-12-25-54(40)61-55(44)33-50(42)58/h3-33H,1-2H3. The van der Waals surface area contributed by atoms with Gasteiger partial charge >= 0.3 is 0 Å². The predicted molar refractivity (Wildman–Crippen MR) is 255 cm³/mol. The van der Waals surface area contributed by atoms with Crippen LogP contribution in [0.15, 0.2) is 192 Å². The maximum Gasteiger partial charge on any atom is 0.135 e. The highest BCUT2D eigenvalue weighted by Gasteiger charge is 2.53. The molecule has 9 aromatic carbocycles. The van der Waals surface area contributed by atoms with Crippen LogP contribution in [0.1, 0.15) is 47.2 Å². The number of hydrogen-bond donors (Lipinski definition) is 0. The molecule has 0 N–H and O–H groups in total. The van der Waals surface area contributed by atoms with E-state index in [9.17, 15) is 0 Å². The number of furan rings is 1. The number of nitrogens with zero attached hydrogens (tertiary/aromatic N) is 1. The summed E-state index contributed by atoms with van der Waals surface area (Å²) in [6.45, 7) is 4.75. The molecule has 0 fully saturated rings. The van der Waals surface area contributed by atoms with Crippen LogP contribution < -0.4 is 4.90 Å². The lowest BCUT2D eigenvalue weighted by Gasteiger charge is -2.32. The molecule has 0 bridgehead atoms. The van der Waals surface area contributed by atoms with Crippen LogP contribution in [-0.4, -0.2) is 0 Å². The van der Waals surface area contributed by atoms with Crippen molar-refractivity contribution >= 4 is 70.5 Å². The lowest BCUT2D eigenvalue weighted by atomic mass is 9.70. The van der Waals surface area contributed by atoms with Crippen molar-refractivity contribution in [2.75, 3.05) is 4.90 Å². The third-order valence-corrected chi connectivity index (χ3v) is 15.4. The van der Waals surface area contributed by atoms with Crippen LogP contribution in [0.4, 0.5) is 17.1 Å². The lowest BCUT2D eigenvalue weighted by molar-refractivity contribution is 0.660. The molecule has 11 aromatic rings. The van der Waals surface area contributed by atoms with Crippen LogP contribution in [0, 0.1) is 0 Å². The van der Waals surface area contributed by atoms with Gasteiger partial charge in [-0.15, -0.1) is 11.3 Å². The normalized spacial score (nSPS) is 16.2. The van der Waals surface area contributed by atoms with Crippen molar-refractivity contribution in [2.45, 2.75) is 24.7 Å². The number of rotatable bonds is 3. The van der Waals surface area contributed by atoms with Gasteiger partial charge in [-0.25, -0.2) is 0 Å². The Morgan fingerprint density at radius 2 is 1.02 bits per heavy atom. The third kappa shape index (κ3) is 4.21. The van der Waals surface area contributed by atoms with Crippen LogP contribution in [0.3, 0.4) is 0 Å². The number of thiophene rings is 1. The maximum absolute atomic E-state index is 6.40. The van der Waals surface area contributed by atoms with Crippen LogP contribution in [0.5, 0.6) is 0 Å². The van der Waals surface area contributed by atoms with Crippen molar-refractivity contribution in [1.29, 1.82) is 0 Å². The molecule has 0 saturated carbocycles. The molecule has 2 aromatic heterocycles. The minimum atomic E-state index is -0.490. The molecule has 3 heteroatoms. The molecule has 1 atom stereocenters. The van der Waals surface area contributed by atoms with Crippen molar-refractivity contribution in [3.05, 3.63) is 221 Å². The van der Waals surface area contributed by atoms with Gasteiger partial charge in [-0.05, 0) is 122 Å². The topological polar surface area (TPSA) is 16.4 Å². The summed E-state index contributed by atoms with van der Waals surface area (Å²) < 4.78 is 9.07. The van der Waals surface area contributed by atoms with Crippen molar-refractivity contribution in [3.63, 3.8) is 0 Å². The van der Waals surface area contributed by atoms with E-state index in [1.54, 1.807) is 0 Å². The van der Waals surface area contributed by atoms with Gasteiger partial charge in [0.2, 0.25) is 0 Å². The second kappa shape index (κ2) is 11.8. The molecule has 286 valence electrons. The summed E-state index contributed by atoms with van der Waals surface area (Å²) in [5.41, 5.74) is 20.5. The van der Waals surface area contributed by atoms with E-state index in [4.69, 9.17) is 4.42 Å². The lowest BCUT2D eigenvalue weighted by Crippen LogP contribution is -2.26. The van der Waals surface area contributed by atoms with Crippen LogP contribution in [-0.2, 0) is 10.8 Å². The minimum absolute atomic E-state index is 0.150. The summed E-state index contributed by atoms with van der Waals surface area (Å²) >= 11 is 1.91. The van der Waals surface area contributed by atoms with Gasteiger partial charge in [0.25, 0.3) is 0 Å². The van der Waals surface area contributed by atoms with Gasteiger partial charge in [0.1, 0.15) is 11.2 Å². The largest absolute Gasteiger partial charge is 0.456 e. The fraction of sp³-hybridized carbons (Fsp3) is 0.0690. The number of para-hydroxylation sites is 1. The van der Waals surface area contributed by atoms with Gasteiger partial charge in [-0.3, -0.25) is 0 Å². The molecule has 61 heavy (non-hydrogen) atoms. The van der Waals surface area contributed by atoms with Gasteiger partial charge < -0.3 is 9.32 Å². The number of anilines is 3. The van der Waals surface area contributed by atoms with E-state index in [1.165, 1.54) is 86.9 Å². The quantitative estimate of drug-likeness (QED) is 0.177. The fourth-order valence-electron chi connectivity index (χ4n) is 11.7. The average molecular weight is 796 g/mol. The highest BCUT2D eigenvalue weighted by molar-refractivity contribution is 7.25. The Morgan fingerprint density at radius 1 is 0.393 bits per heavy atom. The van der Waals surface area contributed by atoms with Crippen molar-refractivity contribution in [2.24, 2.45) is 0 Å². The van der Waals surface area contributed by atoms with Crippen molar-refractivity contribution in [1.82, 2.24) is 0 Å². The minimum Gasteiger partial charge on any atom is -0.456 e. The zero-order chi connectivity index (χ0) is 40.2. The van der Waals surface area contributed by atoms with E-state index in [1.807, 2.05) is 17.4 Å². The zero-order valence-electron chi connectivity index (χ0n) is 33.7. The number of hydrogen-bond acceptors (Lipinski definition) is 3. The monoisotopic (exact) mass is 795 g/mol. The second-order valence-electron chi connectivity index (χ2n) is 17.5. The Balaban J connectivity index is 1.07. The van der Waals surface area contributed by atoms with E-state index in [0.29, 0.717) is 0 Å². The molecular weight excluding hydrogens is 759 g/mol. The Morgan fingerprint density at radius 3 is 1.87 bits per heavy atom. The second-order valence-corrected chi connectivity index (χ2v) is 18.6. The smallest absolute Gasteiger partial charge is 0.135 e. The van der Waals surface area contributed by atoms with Gasteiger partial charge in [0.05, 0.1) is 11.1 Å². The van der Waals surface area contributed by atoms with E-state index in [0.717, 1.165) is 39.0 Å². The van der Waals surface area contributed by atoms with E-state index >= 15 is 0 Å². The Labute approximate surface area is 357 Å². The summed E-state index contributed by atoms with van der Waals surface area (Å²) in [7, 11) is 0. The molecular formula is C58H37NOS. The molecule has 0 saturated heterocycles. The molecule has 2 nitrogen and oxygen atoms in total. The molecule has 0 amide bonds. The summed E-state index contributed by atoms with van der Waals surface area (Å²) in [6.07, 6.45) is 0. The van der Waals surface area contributed by atoms with Crippen molar-refractivity contribution in [3.8, 4) is 33.4 Å². The first kappa shape index (κ1) is 33.6. The molecule has 2 heterocycles. The first-order valence-electron chi connectivity index (χ1n) is 21.2. The summed E-state index contributed by atoms with van der Waals surface area (Å²) in [6, 6.07) is 70.5. The van der Waals surface area contributed by atoms with E-state index < -0.39 is 5.41 Å². The Kier molecular flexibility index (Phi) is 6.48. The van der Waals surface area contributed by atoms with Gasteiger partial charge in [0, 0.05) is 53.3 Å². The van der Waals surface area contributed by atoms with Crippen molar-refractivity contribution < 1.29 is 4.42 Å². The van der Waals surface area contributed by atoms with Gasteiger partial charge in [0.15, 0.2) is 0 Å². The molecule has 1 unspecified atom stereocenters. The average Bonchev–Trinajstić information content (AvgIpc) is 4.07. The summed E-state index contributed by atoms with van der Waals surface area (Å²) in [5.74, 6) is 0. The van der Waals surface area contributed by atoms with E-state index in [-0.39, 0.29) is 5.41 Å². The number of fused-ring (bicyclic) bond motifs is 19. The summed E-state index contributed by atoms with van der Waals surface area (Å²) in [5, 5.41) is 4.90. The predicted octanol–water partition coefficient (Wildman–Crippen LogP) is 16.1. The SMILES string of the molecule is CC1(C)c2ccccc2-c2ccc(N(c3ccc4oc5ccccc5c4c3)c3cccc4c3-c3ccccc3C43c4ccccc4-c4cc5c(cc43)sc3ccccc35)cc21. The third-order valence-electron chi connectivity index (χ3n) is 14.3. The molecule has 0 aliphatic heterocycles. The number of benzene rings is 9. The molecule has 1 spiro atoms. The fourth-order valence-corrected chi connectivity index (χ4v) is 12.8. The Bertz CT molecular complexity index is 3710. The zero-order valence-corrected chi connectivity index (χ0v) is 34.5. The van der Waals surface area contributed by atoms with Gasteiger partial charge in [-0.1, -0.05) is 141 Å². The van der Waals surface area contributed by atoms with Gasteiger partial charge in [-0.2, -0.15) is 0 Å². The first-order valence-corrected chi connectivity index (χ1v) is 22.1. The molecule has 3 aliphatic rings. The summed E-state index contributed by atoms with van der Waals surface area (Å²) in [4.78, 5) is 2.52. The first-order chi connectivity index (χ1) is 30.0. The van der Waals surface area contributed by atoms with Crippen LogP contribution in [0.25, 0.3) is 75.5 Å². The molecule has 14 rings (SSSR count). The van der Waals surface area contributed by atoms with Crippen LogP contribution >= 0.6 is 11.3 Å². The molecule has 3 aliphatic carbocycles. The van der Waals surface area contributed by atoms with E-state index in [2.05, 4.69) is 201 Å². The van der Waals surface area contributed by atoms with Crippen LogP contribution in [0.2, 0.25) is 0 Å². The highest BCUT2D eigenvalue weighted by Crippen LogP contribution is 2.65. The maximum atomic E-state index is 6.40.